The minimum atomic E-state index is -0.833. The Morgan fingerprint density at radius 3 is 2.11 bits per heavy atom. The Kier molecular flexibility index (Phi) is 13.2. The lowest BCUT2D eigenvalue weighted by Crippen LogP contribution is -1.94. The minimum Gasteiger partial charge on any atom is -0.469 e. The minimum absolute atomic E-state index is 0.157. The molecule has 0 aliphatic carbocycles. The fourth-order valence-corrected chi connectivity index (χ4v) is 0.144. The van der Waals surface area contributed by atoms with Crippen LogP contribution in [0.2, 0.25) is 0 Å². The molecule has 0 aliphatic heterocycles. The van der Waals surface area contributed by atoms with Gasteiger partial charge in [0.25, 0.3) is 0 Å². The zero-order valence-electron chi connectivity index (χ0n) is 5.33. The monoisotopic (exact) mass is 152 g/mol. The molecule has 0 heterocycles. The van der Waals surface area contributed by atoms with E-state index in [1.807, 2.05) is 0 Å². The van der Waals surface area contributed by atoms with Gasteiger partial charge < -0.3 is 9.63 Å². The molecule has 0 bridgehead atoms. The zero-order valence-corrected chi connectivity index (χ0v) is 6.22. The van der Waals surface area contributed by atoms with Crippen LogP contribution in [0.25, 0.3) is 0 Å². The standard InChI is InChI=1S/C4H8O2.HO2P/c1-3-4(5)6-2;1-3-2/h3H2,1-2H3;(H,1,2). The van der Waals surface area contributed by atoms with Crippen molar-refractivity contribution >= 4 is 14.7 Å². The van der Waals surface area contributed by atoms with Crippen molar-refractivity contribution in [3.8, 4) is 0 Å². The van der Waals surface area contributed by atoms with Crippen molar-refractivity contribution in [3.05, 3.63) is 0 Å². The maximum Gasteiger partial charge on any atom is 0.324 e. The Morgan fingerprint density at radius 1 is 1.78 bits per heavy atom. The van der Waals surface area contributed by atoms with Crippen molar-refractivity contribution in [3.63, 3.8) is 0 Å². The number of carbonyl (C=O) groups excluding carboxylic acids is 1. The van der Waals surface area contributed by atoms with E-state index in [1.54, 1.807) is 6.92 Å². The summed E-state index contributed by atoms with van der Waals surface area (Å²) in [4.78, 5) is 16.9. The largest absolute Gasteiger partial charge is 0.469 e. The second kappa shape index (κ2) is 10.5. The highest BCUT2D eigenvalue weighted by Crippen LogP contribution is 1.76. The molecule has 0 fully saturated rings. The zero-order chi connectivity index (χ0) is 7.70. The second-order valence-electron chi connectivity index (χ2n) is 1.01. The molecule has 0 aromatic carbocycles. The lowest BCUT2D eigenvalue weighted by atomic mass is 10.5. The predicted molar refractivity (Wildman–Crippen MR) is 32.1 cm³/mol. The molecule has 0 rings (SSSR count). The highest BCUT2D eigenvalue weighted by molar-refractivity contribution is 7.16. The lowest BCUT2D eigenvalue weighted by Gasteiger charge is -1.87. The molecular formula is C4H9O4P. The third-order valence-electron chi connectivity index (χ3n) is 0.516. The molecule has 0 aromatic rings. The van der Waals surface area contributed by atoms with Crippen molar-refractivity contribution in [2.24, 2.45) is 0 Å². The van der Waals surface area contributed by atoms with Crippen LogP contribution < -0.4 is 0 Å². The molecule has 0 amide bonds. The normalized spacial score (nSPS) is 7.44. The predicted octanol–water partition coefficient (Wildman–Crippen LogP) is 0.755. The Morgan fingerprint density at radius 2 is 2.11 bits per heavy atom. The first kappa shape index (κ1) is 11.3. The summed E-state index contributed by atoms with van der Waals surface area (Å²) in [5.74, 6) is -0.157. The van der Waals surface area contributed by atoms with Crippen LogP contribution in [0.15, 0.2) is 0 Å². The number of hydrogen-bond donors (Lipinski definition) is 1. The van der Waals surface area contributed by atoms with Crippen molar-refractivity contribution in [1.82, 2.24) is 0 Å². The van der Waals surface area contributed by atoms with Gasteiger partial charge in [-0.1, -0.05) is 6.92 Å². The molecule has 0 aromatic heterocycles. The van der Waals surface area contributed by atoms with Crippen molar-refractivity contribution < 1.29 is 19.0 Å². The number of methoxy groups -OCH3 is 1. The average molecular weight is 152 g/mol. The smallest absolute Gasteiger partial charge is 0.324 e. The highest BCUT2D eigenvalue weighted by Gasteiger charge is 1.87. The topological polar surface area (TPSA) is 63.6 Å². The number of hydrogen-bond acceptors (Lipinski definition) is 3. The Bertz CT molecular complexity index is 76.6. The lowest BCUT2D eigenvalue weighted by molar-refractivity contribution is -0.140. The van der Waals surface area contributed by atoms with Crippen LogP contribution >= 0.6 is 8.69 Å². The van der Waals surface area contributed by atoms with Crippen LogP contribution in [0.1, 0.15) is 13.3 Å². The quantitative estimate of drug-likeness (QED) is 0.445. The molecule has 54 valence electrons. The van der Waals surface area contributed by atoms with Crippen LogP contribution in [-0.2, 0) is 14.1 Å². The van der Waals surface area contributed by atoms with Crippen molar-refractivity contribution in [2.75, 3.05) is 7.11 Å². The van der Waals surface area contributed by atoms with Crippen LogP contribution in [0.5, 0.6) is 0 Å². The van der Waals surface area contributed by atoms with E-state index in [4.69, 9.17) is 9.46 Å². The van der Waals surface area contributed by atoms with Gasteiger partial charge in [-0.15, -0.1) is 0 Å². The van der Waals surface area contributed by atoms with Crippen LogP contribution in [0, 0.1) is 0 Å². The summed E-state index contributed by atoms with van der Waals surface area (Å²) in [7, 11) is 0.547. The molecule has 0 saturated heterocycles. The summed E-state index contributed by atoms with van der Waals surface area (Å²) < 4.78 is 12.7. The number of ether oxygens (including phenoxy) is 1. The van der Waals surface area contributed by atoms with Crippen molar-refractivity contribution in [1.29, 1.82) is 0 Å². The summed E-state index contributed by atoms with van der Waals surface area (Å²) in [6.07, 6.45) is 0.469. The Labute approximate surface area is 55.1 Å². The van der Waals surface area contributed by atoms with Gasteiger partial charge in [-0.2, -0.15) is 0 Å². The van der Waals surface area contributed by atoms with E-state index in [1.165, 1.54) is 7.11 Å². The van der Waals surface area contributed by atoms with Gasteiger partial charge in [0.2, 0.25) is 0 Å². The number of carbonyl (C=O) groups is 1. The Hall–Kier alpha value is -0.470. The van der Waals surface area contributed by atoms with E-state index < -0.39 is 8.69 Å². The van der Waals surface area contributed by atoms with E-state index in [-0.39, 0.29) is 5.97 Å². The van der Waals surface area contributed by atoms with Gasteiger partial charge in [-0.25, -0.2) is 4.57 Å². The number of esters is 1. The summed E-state index contributed by atoms with van der Waals surface area (Å²) in [6.45, 7) is 1.76. The van der Waals surface area contributed by atoms with E-state index in [9.17, 15) is 4.79 Å². The first-order valence-corrected chi connectivity index (χ1v) is 3.02. The number of rotatable bonds is 1. The van der Waals surface area contributed by atoms with Gasteiger partial charge in [-0.3, -0.25) is 4.79 Å². The third-order valence-corrected chi connectivity index (χ3v) is 0.516. The maximum atomic E-state index is 9.96. The van der Waals surface area contributed by atoms with E-state index in [2.05, 4.69) is 4.74 Å². The average Bonchev–Trinajstić information content (AvgIpc) is 1.88. The van der Waals surface area contributed by atoms with E-state index >= 15 is 0 Å². The van der Waals surface area contributed by atoms with Gasteiger partial charge in [0.15, 0.2) is 0 Å². The summed E-state index contributed by atoms with van der Waals surface area (Å²) >= 11 is 0. The fraction of sp³-hybridized carbons (Fsp3) is 0.750. The van der Waals surface area contributed by atoms with Gasteiger partial charge in [0.1, 0.15) is 0 Å². The van der Waals surface area contributed by atoms with Crippen molar-refractivity contribution in [2.45, 2.75) is 13.3 Å². The molecule has 0 spiro atoms. The second-order valence-corrected chi connectivity index (χ2v) is 1.17. The molecule has 5 heteroatoms. The summed E-state index contributed by atoms with van der Waals surface area (Å²) in [6, 6.07) is 0. The highest BCUT2D eigenvalue weighted by atomic mass is 31.1. The molecule has 0 unspecified atom stereocenters. The molecule has 0 atom stereocenters. The van der Waals surface area contributed by atoms with Crippen LogP contribution in [-0.4, -0.2) is 18.0 Å². The molecule has 4 nitrogen and oxygen atoms in total. The fourth-order valence-electron chi connectivity index (χ4n) is 0.144. The molecule has 9 heavy (non-hydrogen) atoms. The molecule has 0 saturated carbocycles. The third kappa shape index (κ3) is 18.5. The van der Waals surface area contributed by atoms with Crippen LogP contribution in [0.4, 0.5) is 0 Å². The first-order valence-electron chi connectivity index (χ1n) is 2.26. The Balaban J connectivity index is 0. The molecule has 1 N–H and O–H groups in total. The van der Waals surface area contributed by atoms with E-state index in [0.717, 1.165) is 0 Å². The van der Waals surface area contributed by atoms with Gasteiger partial charge in [-0.05, 0) is 0 Å². The summed E-state index contributed by atoms with van der Waals surface area (Å²) in [5, 5.41) is 0. The SMILES string of the molecule is CCC(=O)OC.O=PO. The summed E-state index contributed by atoms with van der Waals surface area (Å²) in [5.41, 5.74) is 0. The van der Waals surface area contributed by atoms with Gasteiger partial charge >= 0.3 is 14.7 Å². The molecule has 0 radical (unpaired) electrons. The van der Waals surface area contributed by atoms with Gasteiger partial charge in [0, 0.05) is 6.42 Å². The van der Waals surface area contributed by atoms with Gasteiger partial charge in [0.05, 0.1) is 7.11 Å². The van der Waals surface area contributed by atoms with E-state index in [0.29, 0.717) is 6.42 Å². The first-order chi connectivity index (χ1) is 4.22. The molecule has 0 aliphatic rings. The molecular weight excluding hydrogens is 143 g/mol. The maximum absolute atomic E-state index is 9.96. The van der Waals surface area contributed by atoms with Crippen LogP contribution in [0.3, 0.4) is 0 Å².